The molecule has 0 bridgehead atoms. The molecule has 0 rings (SSSR count). The molecule has 0 aromatic carbocycles. The summed E-state index contributed by atoms with van der Waals surface area (Å²) in [5.41, 5.74) is 0. The maximum absolute atomic E-state index is 9.08. The molecule has 0 amide bonds. The average Bonchev–Trinajstić information content (AvgIpc) is 1.59. The van der Waals surface area contributed by atoms with Crippen LogP contribution in [0.4, 0.5) is 0 Å². The average molecular weight is 228 g/mol. The molecule has 0 heterocycles. The van der Waals surface area contributed by atoms with Crippen molar-refractivity contribution in [1.29, 1.82) is 0 Å². The lowest BCUT2D eigenvalue weighted by Gasteiger charge is -1.79. The largest absolute Gasteiger partial charge is 0.423 e. The van der Waals surface area contributed by atoms with E-state index in [9.17, 15) is 0 Å². The van der Waals surface area contributed by atoms with Crippen molar-refractivity contribution < 1.29 is 35.5 Å². The molecule has 70 valence electrons. The molecule has 0 atom stereocenters. The van der Waals surface area contributed by atoms with E-state index in [4.69, 9.17) is 31.2 Å². The van der Waals surface area contributed by atoms with Crippen LogP contribution in [0.25, 0.3) is 0 Å². The van der Waals surface area contributed by atoms with Crippen LogP contribution in [0.15, 0.2) is 0 Å². The van der Waals surface area contributed by atoms with Crippen molar-refractivity contribution in [3.8, 4) is 0 Å². The summed E-state index contributed by atoms with van der Waals surface area (Å²) in [6, 6.07) is 0. The highest BCUT2D eigenvalue weighted by atomic mass is 33.1. The molecule has 0 aliphatic carbocycles. The predicted octanol–water partition coefficient (Wildman–Crippen LogP) is -1.00. The molecule has 11 heavy (non-hydrogen) atoms. The third-order valence-electron chi connectivity index (χ3n) is 0.0942. The molecule has 8 nitrogen and oxygen atoms in total. The van der Waals surface area contributed by atoms with Crippen molar-refractivity contribution >= 4 is 31.2 Å². The molecular weight excluding hydrogens is 224 g/mol. The van der Waals surface area contributed by atoms with E-state index < -0.39 is 19.5 Å². The maximum atomic E-state index is 9.08. The molecule has 0 aromatic heterocycles. The van der Waals surface area contributed by atoms with Crippen LogP contribution in [0.1, 0.15) is 0 Å². The second-order valence-electron chi connectivity index (χ2n) is 0.950. The Morgan fingerprint density at radius 1 is 1.09 bits per heavy atom. The summed E-state index contributed by atoms with van der Waals surface area (Å²) in [6.07, 6.45) is 0. The molecule has 0 spiro atoms. The molecule has 0 aliphatic rings. The van der Waals surface area contributed by atoms with Gasteiger partial charge in [0.05, 0.1) is 0 Å². The van der Waals surface area contributed by atoms with Gasteiger partial charge in [0.2, 0.25) is 0 Å². The Hall–Kier alpha value is 0.0900. The van der Waals surface area contributed by atoms with Gasteiger partial charge in [-0.05, 0) is 11.7 Å². The molecule has 0 saturated carbocycles. The summed E-state index contributed by atoms with van der Waals surface area (Å²) in [5, 5.41) is 7.06. The fourth-order valence-corrected chi connectivity index (χ4v) is 0. The van der Waals surface area contributed by atoms with E-state index in [0.717, 1.165) is 0 Å². The summed E-state index contributed by atoms with van der Waals surface area (Å²) in [7, 11) is -8.58. The van der Waals surface area contributed by atoms with E-state index in [0.29, 0.717) is 0 Å². The van der Waals surface area contributed by atoms with Gasteiger partial charge in [-0.15, -0.1) is 0 Å². The quantitative estimate of drug-likeness (QED) is 0.147. The van der Waals surface area contributed by atoms with Crippen LogP contribution in [-0.2, 0) is 23.9 Å². The minimum absolute atomic E-state index is 2.47. The SMILES string of the molecule is O=S(=O)(O)OO.O=S(=O)(O)S. The van der Waals surface area contributed by atoms with Gasteiger partial charge in [-0.1, -0.05) is 4.33 Å². The summed E-state index contributed by atoms with van der Waals surface area (Å²) in [4.78, 5) is 0. The van der Waals surface area contributed by atoms with Gasteiger partial charge in [0.1, 0.15) is 0 Å². The number of thiol groups is 1. The van der Waals surface area contributed by atoms with Gasteiger partial charge in [0.25, 0.3) is 0 Å². The van der Waals surface area contributed by atoms with Crippen LogP contribution in [0.3, 0.4) is 0 Å². The zero-order valence-electron chi connectivity index (χ0n) is 4.65. The zero-order valence-corrected chi connectivity index (χ0v) is 7.17. The fraction of sp³-hybridized carbons (Fsp3) is 0. The van der Waals surface area contributed by atoms with Crippen LogP contribution in [0, 0.1) is 0 Å². The minimum Gasteiger partial charge on any atom is -0.277 e. The van der Waals surface area contributed by atoms with E-state index in [2.05, 4.69) is 16.0 Å². The summed E-state index contributed by atoms with van der Waals surface area (Å²) in [6.45, 7) is 0. The lowest BCUT2D eigenvalue weighted by atomic mass is 15.0. The Labute approximate surface area is 67.2 Å². The fourth-order valence-electron chi connectivity index (χ4n) is 0. The van der Waals surface area contributed by atoms with E-state index in [1.165, 1.54) is 0 Å². The smallest absolute Gasteiger partial charge is 0.277 e. The maximum Gasteiger partial charge on any atom is 0.423 e. The van der Waals surface area contributed by atoms with Crippen molar-refractivity contribution in [1.82, 2.24) is 0 Å². The molecule has 0 aliphatic heterocycles. The van der Waals surface area contributed by atoms with Crippen molar-refractivity contribution in [3.63, 3.8) is 0 Å². The standard InChI is InChI=1S/H2O5S.H2O3S2/c1-5-6(2,3)4;1-5(2,3)4/h1H,(H,2,3,4);(H2,1,2,3,4). The Balaban J connectivity index is 0. The Morgan fingerprint density at radius 3 is 1.18 bits per heavy atom. The monoisotopic (exact) mass is 228 g/mol. The first-order chi connectivity index (χ1) is 4.56. The highest BCUT2D eigenvalue weighted by molar-refractivity contribution is 8.61. The van der Waals surface area contributed by atoms with Gasteiger partial charge in [-0.2, -0.15) is 16.8 Å². The van der Waals surface area contributed by atoms with Crippen molar-refractivity contribution in [2.24, 2.45) is 0 Å². The molecule has 0 aromatic rings. The lowest BCUT2D eigenvalue weighted by molar-refractivity contribution is -0.139. The zero-order chi connectivity index (χ0) is 9.71. The van der Waals surface area contributed by atoms with E-state index in [1.54, 1.807) is 0 Å². The molecule has 3 N–H and O–H groups in total. The van der Waals surface area contributed by atoms with E-state index >= 15 is 0 Å². The van der Waals surface area contributed by atoms with E-state index in [1.807, 2.05) is 0 Å². The molecule has 0 saturated heterocycles. The third-order valence-corrected chi connectivity index (χ3v) is 0.283. The molecular formula is H4O8S3. The highest BCUT2D eigenvalue weighted by Crippen LogP contribution is 1.81. The molecule has 11 heteroatoms. The Morgan fingerprint density at radius 2 is 1.18 bits per heavy atom. The second-order valence-corrected chi connectivity index (χ2v) is 4.23. The van der Waals surface area contributed by atoms with Crippen LogP contribution < -0.4 is 0 Å². The van der Waals surface area contributed by atoms with Gasteiger partial charge < -0.3 is 0 Å². The topological polar surface area (TPSA) is 138 Å². The summed E-state index contributed by atoms with van der Waals surface area (Å²) in [5.74, 6) is 0. The number of hydrogen-bond donors (Lipinski definition) is 4. The lowest BCUT2D eigenvalue weighted by Crippen LogP contribution is -1.97. The number of rotatable bonds is 1. The minimum atomic E-state index is -4.61. The summed E-state index contributed by atoms with van der Waals surface area (Å²) >= 11 is 2.65. The van der Waals surface area contributed by atoms with Gasteiger partial charge in [0.15, 0.2) is 0 Å². The van der Waals surface area contributed by atoms with Crippen molar-refractivity contribution in [2.45, 2.75) is 0 Å². The van der Waals surface area contributed by atoms with Crippen LogP contribution in [0.5, 0.6) is 0 Å². The van der Waals surface area contributed by atoms with Crippen molar-refractivity contribution in [2.75, 3.05) is 0 Å². The normalized spacial score (nSPS) is 11.6. The second kappa shape index (κ2) is 4.87. The third kappa shape index (κ3) is 69.2. The Bertz CT molecular complexity index is 256. The molecule has 0 radical (unpaired) electrons. The Kier molecular flexibility index (Phi) is 6.04. The first-order valence-corrected chi connectivity index (χ1v) is 5.42. The summed E-state index contributed by atoms with van der Waals surface area (Å²) < 4.78 is 53.4. The molecule has 0 fully saturated rings. The van der Waals surface area contributed by atoms with Gasteiger partial charge >= 0.3 is 19.5 Å². The van der Waals surface area contributed by atoms with Gasteiger partial charge in [-0.3, -0.25) is 9.11 Å². The predicted molar refractivity (Wildman–Crippen MR) is 35.8 cm³/mol. The van der Waals surface area contributed by atoms with Gasteiger partial charge in [-0.25, -0.2) is 5.26 Å². The highest BCUT2D eigenvalue weighted by Gasteiger charge is 1.97. The van der Waals surface area contributed by atoms with Crippen molar-refractivity contribution in [3.05, 3.63) is 0 Å². The van der Waals surface area contributed by atoms with Crippen LogP contribution in [-0.4, -0.2) is 31.2 Å². The van der Waals surface area contributed by atoms with E-state index in [-0.39, 0.29) is 0 Å². The van der Waals surface area contributed by atoms with Gasteiger partial charge in [0, 0.05) is 0 Å². The first kappa shape index (κ1) is 13.7. The number of hydrogen-bond acceptors (Lipinski definition) is 6. The van der Waals surface area contributed by atoms with Crippen LogP contribution >= 0.6 is 11.7 Å². The first-order valence-electron chi connectivity index (χ1n) is 1.56. The molecule has 0 unspecified atom stereocenters. The van der Waals surface area contributed by atoms with Crippen LogP contribution in [0.2, 0.25) is 0 Å².